The SMILES string of the molecule is Cc1cc(C)c(NC(=O)C(=O)N2CCCNCC2)c(Br)c1. The highest BCUT2D eigenvalue weighted by Crippen LogP contribution is 2.27. The Hall–Kier alpha value is -1.40. The molecule has 0 aliphatic carbocycles. The van der Waals surface area contributed by atoms with E-state index in [0.717, 1.165) is 35.1 Å². The van der Waals surface area contributed by atoms with Crippen molar-refractivity contribution in [2.75, 3.05) is 31.5 Å². The Kier molecular flexibility index (Phi) is 5.36. The van der Waals surface area contributed by atoms with Crippen LogP contribution in [0.1, 0.15) is 17.5 Å². The van der Waals surface area contributed by atoms with Gasteiger partial charge in [-0.1, -0.05) is 6.07 Å². The lowest BCUT2D eigenvalue weighted by molar-refractivity contribution is -0.143. The molecule has 0 atom stereocenters. The summed E-state index contributed by atoms with van der Waals surface area (Å²) in [7, 11) is 0. The molecule has 0 radical (unpaired) electrons. The first-order valence-electron chi connectivity index (χ1n) is 7.07. The van der Waals surface area contributed by atoms with E-state index in [4.69, 9.17) is 0 Å². The summed E-state index contributed by atoms with van der Waals surface area (Å²) < 4.78 is 0.790. The number of nitrogens with zero attached hydrogens (tertiary/aromatic N) is 1. The summed E-state index contributed by atoms with van der Waals surface area (Å²) in [5.74, 6) is -1.05. The van der Waals surface area contributed by atoms with Crippen molar-refractivity contribution >= 4 is 33.4 Å². The van der Waals surface area contributed by atoms with Crippen LogP contribution in [0.4, 0.5) is 5.69 Å². The first-order chi connectivity index (χ1) is 9.99. The zero-order valence-corrected chi connectivity index (χ0v) is 13.9. The Morgan fingerprint density at radius 3 is 2.71 bits per heavy atom. The summed E-state index contributed by atoms with van der Waals surface area (Å²) in [6.07, 6.45) is 0.867. The van der Waals surface area contributed by atoms with Gasteiger partial charge in [0, 0.05) is 24.1 Å². The normalized spacial score (nSPS) is 15.5. The zero-order chi connectivity index (χ0) is 15.4. The highest BCUT2D eigenvalue weighted by molar-refractivity contribution is 9.10. The fourth-order valence-corrected chi connectivity index (χ4v) is 3.21. The monoisotopic (exact) mass is 353 g/mol. The third-order valence-electron chi connectivity index (χ3n) is 3.49. The molecule has 0 bridgehead atoms. The van der Waals surface area contributed by atoms with E-state index in [-0.39, 0.29) is 0 Å². The molecule has 2 rings (SSSR count). The Morgan fingerprint density at radius 1 is 1.24 bits per heavy atom. The van der Waals surface area contributed by atoms with Crippen LogP contribution in [-0.4, -0.2) is 42.9 Å². The fraction of sp³-hybridized carbons (Fsp3) is 0.467. The second kappa shape index (κ2) is 7.04. The van der Waals surface area contributed by atoms with Gasteiger partial charge in [0.2, 0.25) is 0 Å². The number of hydrogen-bond acceptors (Lipinski definition) is 3. The molecule has 1 aromatic rings. The summed E-state index contributed by atoms with van der Waals surface area (Å²) in [5.41, 5.74) is 2.69. The highest BCUT2D eigenvalue weighted by atomic mass is 79.9. The van der Waals surface area contributed by atoms with Gasteiger partial charge in [0.15, 0.2) is 0 Å². The molecule has 1 fully saturated rings. The van der Waals surface area contributed by atoms with Crippen molar-refractivity contribution in [3.05, 3.63) is 27.7 Å². The van der Waals surface area contributed by atoms with E-state index in [1.54, 1.807) is 4.90 Å². The Balaban J connectivity index is 2.08. The van der Waals surface area contributed by atoms with Crippen LogP contribution < -0.4 is 10.6 Å². The smallest absolute Gasteiger partial charge is 0.313 e. The molecule has 1 heterocycles. The standard InChI is InChI=1S/C15H20BrN3O2/c1-10-8-11(2)13(12(16)9-10)18-14(20)15(21)19-6-3-4-17-5-7-19/h8-9,17H,3-7H2,1-2H3,(H,18,20). The molecule has 1 aliphatic heterocycles. The van der Waals surface area contributed by atoms with E-state index in [9.17, 15) is 9.59 Å². The van der Waals surface area contributed by atoms with E-state index >= 15 is 0 Å². The molecule has 0 unspecified atom stereocenters. The first-order valence-corrected chi connectivity index (χ1v) is 7.86. The van der Waals surface area contributed by atoms with E-state index < -0.39 is 11.8 Å². The van der Waals surface area contributed by atoms with Crippen LogP contribution in [0.25, 0.3) is 0 Å². The van der Waals surface area contributed by atoms with Gasteiger partial charge in [-0.15, -0.1) is 0 Å². The molecule has 2 amide bonds. The van der Waals surface area contributed by atoms with Gasteiger partial charge >= 0.3 is 11.8 Å². The molecule has 1 saturated heterocycles. The third kappa shape index (κ3) is 4.04. The maximum absolute atomic E-state index is 12.2. The molecule has 114 valence electrons. The number of anilines is 1. The summed E-state index contributed by atoms with van der Waals surface area (Å²) in [4.78, 5) is 26.0. The van der Waals surface area contributed by atoms with Gasteiger partial charge in [0.05, 0.1) is 5.69 Å². The predicted molar refractivity (Wildman–Crippen MR) is 86.3 cm³/mol. The number of hydrogen-bond donors (Lipinski definition) is 2. The number of rotatable bonds is 1. The van der Waals surface area contributed by atoms with Crippen LogP contribution in [0.5, 0.6) is 0 Å². The molecule has 0 aromatic heterocycles. The Labute approximate surface area is 133 Å². The molecule has 2 N–H and O–H groups in total. The third-order valence-corrected chi connectivity index (χ3v) is 4.12. The quantitative estimate of drug-likeness (QED) is 0.757. The highest BCUT2D eigenvalue weighted by Gasteiger charge is 2.23. The van der Waals surface area contributed by atoms with Crippen molar-refractivity contribution in [3.8, 4) is 0 Å². The summed E-state index contributed by atoms with van der Waals surface area (Å²) in [6, 6.07) is 3.89. The molecule has 0 spiro atoms. The van der Waals surface area contributed by atoms with Gasteiger partial charge in [0.25, 0.3) is 0 Å². The van der Waals surface area contributed by atoms with Crippen LogP contribution in [0.3, 0.4) is 0 Å². The first kappa shape index (κ1) is 16.0. The van der Waals surface area contributed by atoms with Crippen molar-refractivity contribution in [2.24, 2.45) is 0 Å². The molecule has 21 heavy (non-hydrogen) atoms. The van der Waals surface area contributed by atoms with E-state index in [1.165, 1.54) is 0 Å². The number of amides is 2. The van der Waals surface area contributed by atoms with Gasteiger partial charge in [-0.3, -0.25) is 9.59 Å². The average molecular weight is 354 g/mol. The van der Waals surface area contributed by atoms with Crippen LogP contribution in [-0.2, 0) is 9.59 Å². The number of halogens is 1. The molecular weight excluding hydrogens is 334 g/mol. The molecular formula is C15H20BrN3O2. The Morgan fingerprint density at radius 2 is 2.00 bits per heavy atom. The van der Waals surface area contributed by atoms with Gasteiger partial charge in [-0.05, 0) is 59.9 Å². The van der Waals surface area contributed by atoms with Crippen molar-refractivity contribution in [2.45, 2.75) is 20.3 Å². The molecule has 0 saturated carbocycles. The van der Waals surface area contributed by atoms with Crippen molar-refractivity contribution in [3.63, 3.8) is 0 Å². The number of nitrogens with one attached hydrogen (secondary N) is 2. The Bertz CT molecular complexity index is 529. The van der Waals surface area contributed by atoms with Crippen LogP contribution in [0, 0.1) is 13.8 Å². The van der Waals surface area contributed by atoms with Crippen LogP contribution in [0.2, 0.25) is 0 Å². The molecule has 5 nitrogen and oxygen atoms in total. The fourth-order valence-electron chi connectivity index (χ4n) is 2.43. The summed E-state index contributed by atoms with van der Waals surface area (Å²) >= 11 is 3.43. The minimum atomic E-state index is -0.579. The van der Waals surface area contributed by atoms with E-state index in [0.29, 0.717) is 18.8 Å². The van der Waals surface area contributed by atoms with E-state index in [1.807, 2.05) is 26.0 Å². The summed E-state index contributed by atoms with van der Waals surface area (Å²) in [6.45, 7) is 6.69. The largest absolute Gasteiger partial charge is 0.333 e. The number of carbonyl (C=O) groups excluding carboxylic acids is 2. The summed E-state index contributed by atoms with van der Waals surface area (Å²) in [5, 5.41) is 5.94. The van der Waals surface area contributed by atoms with Gasteiger partial charge in [-0.25, -0.2) is 0 Å². The lowest BCUT2D eigenvalue weighted by Crippen LogP contribution is -2.41. The maximum atomic E-state index is 12.2. The minimum Gasteiger partial charge on any atom is -0.333 e. The van der Waals surface area contributed by atoms with E-state index in [2.05, 4.69) is 26.6 Å². The molecule has 6 heteroatoms. The van der Waals surface area contributed by atoms with Crippen molar-refractivity contribution in [1.29, 1.82) is 0 Å². The second-order valence-corrected chi connectivity index (χ2v) is 6.14. The van der Waals surface area contributed by atoms with Crippen LogP contribution in [0.15, 0.2) is 16.6 Å². The van der Waals surface area contributed by atoms with Crippen LogP contribution >= 0.6 is 15.9 Å². The molecule has 1 aliphatic rings. The van der Waals surface area contributed by atoms with Gasteiger partial charge in [-0.2, -0.15) is 0 Å². The topological polar surface area (TPSA) is 61.4 Å². The van der Waals surface area contributed by atoms with Gasteiger partial charge in [0.1, 0.15) is 0 Å². The van der Waals surface area contributed by atoms with Gasteiger partial charge < -0.3 is 15.5 Å². The number of carbonyl (C=O) groups is 2. The number of aryl methyl sites for hydroxylation is 2. The number of benzene rings is 1. The zero-order valence-electron chi connectivity index (χ0n) is 12.3. The minimum absolute atomic E-state index is 0.467. The molecule has 1 aromatic carbocycles. The second-order valence-electron chi connectivity index (χ2n) is 5.29. The lowest BCUT2D eigenvalue weighted by atomic mass is 10.1. The average Bonchev–Trinajstić information content (AvgIpc) is 2.70. The lowest BCUT2D eigenvalue weighted by Gasteiger charge is -2.20. The maximum Gasteiger partial charge on any atom is 0.313 e. The van der Waals surface area contributed by atoms with Crippen molar-refractivity contribution in [1.82, 2.24) is 10.2 Å². The predicted octanol–water partition coefficient (Wildman–Crippen LogP) is 1.83. The van der Waals surface area contributed by atoms with Crippen molar-refractivity contribution < 1.29 is 9.59 Å².